The van der Waals surface area contributed by atoms with Crippen molar-refractivity contribution in [3.8, 4) is 0 Å². The van der Waals surface area contributed by atoms with E-state index in [1.54, 1.807) is 23.9 Å². The van der Waals surface area contributed by atoms with Gasteiger partial charge in [0.2, 0.25) is 5.91 Å². The van der Waals surface area contributed by atoms with E-state index < -0.39 is 12.0 Å². The van der Waals surface area contributed by atoms with Crippen LogP contribution in [0.4, 0.5) is 5.69 Å². The zero-order valence-corrected chi connectivity index (χ0v) is 12.3. The second-order valence-electron chi connectivity index (χ2n) is 4.47. The van der Waals surface area contributed by atoms with Crippen molar-refractivity contribution >= 4 is 29.3 Å². The van der Waals surface area contributed by atoms with Gasteiger partial charge in [-0.05, 0) is 42.5 Å². The molecule has 1 atom stereocenters. The number of aryl methyl sites for hydroxylation is 1. The van der Waals surface area contributed by atoms with Gasteiger partial charge in [0, 0.05) is 12.1 Å². The van der Waals surface area contributed by atoms with Gasteiger partial charge in [0.05, 0.1) is 6.04 Å². The van der Waals surface area contributed by atoms with Crippen LogP contribution in [-0.4, -0.2) is 35.0 Å². The summed E-state index contributed by atoms with van der Waals surface area (Å²) in [6, 6.07) is 6.64. The molecule has 1 aromatic rings. The van der Waals surface area contributed by atoms with Crippen LogP contribution < -0.4 is 11.1 Å². The number of anilines is 1. The Morgan fingerprint density at radius 1 is 1.35 bits per heavy atom. The fourth-order valence-electron chi connectivity index (χ4n) is 1.62. The molecule has 1 rings (SSSR count). The highest BCUT2D eigenvalue weighted by molar-refractivity contribution is 7.98. The molecule has 20 heavy (non-hydrogen) atoms. The minimum Gasteiger partial charge on any atom is -0.481 e. The third-order valence-electron chi connectivity index (χ3n) is 2.82. The molecule has 0 fully saturated rings. The molecule has 5 nitrogen and oxygen atoms in total. The van der Waals surface area contributed by atoms with Crippen molar-refractivity contribution < 1.29 is 14.7 Å². The van der Waals surface area contributed by atoms with Crippen LogP contribution in [0.15, 0.2) is 24.3 Å². The zero-order chi connectivity index (χ0) is 15.0. The van der Waals surface area contributed by atoms with Crippen LogP contribution in [0.1, 0.15) is 18.4 Å². The van der Waals surface area contributed by atoms with E-state index in [2.05, 4.69) is 5.32 Å². The minimum atomic E-state index is -0.817. The molecule has 1 aromatic carbocycles. The summed E-state index contributed by atoms with van der Waals surface area (Å²) >= 11 is 1.66. The van der Waals surface area contributed by atoms with Crippen LogP contribution in [-0.2, 0) is 16.0 Å². The van der Waals surface area contributed by atoms with Crippen molar-refractivity contribution in [3.05, 3.63) is 29.8 Å². The minimum absolute atomic E-state index is 0.102. The molecular weight excluding hydrogens is 276 g/mol. The third kappa shape index (κ3) is 6.08. The van der Waals surface area contributed by atoms with Gasteiger partial charge < -0.3 is 16.2 Å². The average molecular weight is 296 g/mol. The van der Waals surface area contributed by atoms with Gasteiger partial charge in [0.15, 0.2) is 0 Å². The Bertz CT molecular complexity index is 448. The van der Waals surface area contributed by atoms with E-state index in [4.69, 9.17) is 10.8 Å². The first kappa shape index (κ1) is 16.5. The fraction of sp³-hybridized carbons (Fsp3) is 0.429. The van der Waals surface area contributed by atoms with Gasteiger partial charge in [-0.15, -0.1) is 0 Å². The largest absolute Gasteiger partial charge is 0.481 e. The van der Waals surface area contributed by atoms with Crippen molar-refractivity contribution in [2.24, 2.45) is 5.73 Å². The second-order valence-corrected chi connectivity index (χ2v) is 5.45. The van der Waals surface area contributed by atoms with E-state index in [9.17, 15) is 9.59 Å². The SMILES string of the molecule is CSCC[C@@H](N)C(=O)Nc1ccc(CCC(=O)O)cc1. The molecule has 0 radical (unpaired) electrons. The van der Waals surface area contributed by atoms with Gasteiger partial charge in [0.1, 0.15) is 0 Å². The Morgan fingerprint density at radius 3 is 2.55 bits per heavy atom. The summed E-state index contributed by atoms with van der Waals surface area (Å²) in [7, 11) is 0. The van der Waals surface area contributed by atoms with E-state index in [0.29, 0.717) is 18.5 Å². The topological polar surface area (TPSA) is 92.4 Å². The number of hydrogen-bond acceptors (Lipinski definition) is 4. The van der Waals surface area contributed by atoms with Gasteiger partial charge in [0.25, 0.3) is 0 Å². The molecule has 1 amide bonds. The third-order valence-corrected chi connectivity index (χ3v) is 3.46. The van der Waals surface area contributed by atoms with Gasteiger partial charge in [-0.1, -0.05) is 12.1 Å². The number of carboxylic acids is 1. The second kappa shape index (κ2) is 8.60. The molecule has 0 aliphatic rings. The number of carboxylic acid groups (broad SMARTS) is 1. The van der Waals surface area contributed by atoms with E-state index >= 15 is 0 Å². The molecule has 4 N–H and O–H groups in total. The maximum atomic E-state index is 11.8. The van der Waals surface area contributed by atoms with Gasteiger partial charge in [-0.2, -0.15) is 11.8 Å². The van der Waals surface area contributed by atoms with Crippen LogP contribution in [0.5, 0.6) is 0 Å². The highest BCUT2D eigenvalue weighted by Crippen LogP contribution is 2.12. The van der Waals surface area contributed by atoms with Crippen LogP contribution in [0.2, 0.25) is 0 Å². The van der Waals surface area contributed by atoms with E-state index in [1.165, 1.54) is 0 Å². The first-order chi connectivity index (χ1) is 9.52. The molecule has 0 unspecified atom stereocenters. The predicted molar refractivity (Wildman–Crippen MR) is 82.0 cm³/mol. The molecule has 0 aliphatic heterocycles. The molecule has 0 saturated carbocycles. The molecule has 0 saturated heterocycles. The Morgan fingerprint density at radius 2 is 2.00 bits per heavy atom. The number of rotatable bonds is 8. The lowest BCUT2D eigenvalue weighted by Crippen LogP contribution is -2.36. The monoisotopic (exact) mass is 296 g/mol. The summed E-state index contributed by atoms with van der Waals surface area (Å²) in [5.41, 5.74) is 7.37. The Kier molecular flexibility index (Phi) is 7.11. The normalized spacial score (nSPS) is 11.9. The van der Waals surface area contributed by atoms with Crippen molar-refractivity contribution in [1.82, 2.24) is 0 Å². The molecule has 0 bridgehead atoms. The number of amides is 1. The first-order valence-electron chi connectivity index (χ1n) is 6.39. The maximum Gasteiger partial charge on any atom is 0.303 e. The van der Waals surface area contributed by atoms with E-state index in [0.717, 1.165) is 11.3 Å². The van der Waals surface area contributed by atoms with Crippen molar-refractivity contribution in [2.45, 2.75) is 25.3 Å². The van der Waals surface area contributed by atoms with Crippen molar-refractivity contribution in [1.29, 1.82) is 0 Å². The quantitative estimate of drug-likeness (QED) is 0.679. The molecule has 6 heteroatoms. The number of carbonyl (C=O) groups excluding carboxylic acids is 1. The summed E-state index contributed by atoms with van der Waals surface area (Å²) in [6.45, 7) is 0. The molecule has 0 aromatic heterocycles. The number of nitrogens with one attached hydrogen (secondary N) is 1. The number of carbonyl (C=O) groups is 2. The average Bonchev–Trinajstić information content (AvgIpc) is 2.43. The first-order valence-corrected chi connectivity index (χ1v) is 7.78. The summed E-state index contributed by atoms with van der Waals surface area (Å²) in [4.78, 5) is 22.3. The van der Waals surface area contributed by atoms with Gasteiger partial charge in [-0.25, -0.2) is 0 Å². The number of nitrogens with two attached hydrogens (primary N) is 1. The Hall–Kier alpha value is -1.53. The Balaban J connectivity index is 2.48. The number of thioether (sulfide) groups is 1. The fourth-order valence-corrected chi connectivity index (χ4v) is 2.11. The smallest absolute Gasteiger partial charge is 0.303 e. The molecule has 0 aliphatic carbocycles. The summed E-state index contributed by atoms with van der Waals surface area (Å²) in [5.74, 6) is -0.164. The van der Waals surface area contributed by atoms with Gasteiger partial charge >= 0.3 is 5.97 Å². The van der Waals surface area contributed by atoms with Crippen molar-refractivity contribution in [2.75, 3.05) is 17.3 Å². The van der Waals surface area contributed by atoms with Crippen LogP contribution in [0.25, 0.3) is 0 Å². The summed E-state index contributed by atoms with van der Waals surface area (Å²) < 4.78 is 0. The lowest BCUT2D eigenvalue weighted by molar-refractivity contribution is -0.137. The number of aliphatic carboxylic acids is 1. The van der Waals surface area contributed by atoms with Crippen LogP contribution >= 0.6 is 11.8 Å². The standard InChI is InChI=1S/C14H20N2O3S/c1-20-9-8-12(15)14(19)16-11-5-2-10(3-6-11)4-7-13(17)18/h2-3,5-6,12H,4,7-9,15H2,1H3,(H,16,19)(H,17,18)/t12-/m1/s1. The number of hydrogen-bond donors (Lipinski definition) is 3. The highest BCUT2D eigenvalue weighted by Gasteiger charge is 2.12. The highest BCUT2D eigenvalue weighted by atomic mass is 32.2. The Labute approximate surface area is 122 Å². The predicted octanol–water partition coefficient (Wildman–Crippen LogP) is 1.72. The molecule has 0 heterocycles. The zero-order valence-electron chi connectivity index (χ0n) is 11.5. The van der Waals surface area contributed by atoms with E-state index in [-0.39, 0.29) is 12.3 Å². The lowest BCUT2D eigenvalue weighted by Gasteiger charge is -2.12. The number of benzene rings is 1. The summed E-state index contributed by atoms with van der Waals surface area (Å²) in [6.07, 6.45) is 3.20. The lowest BCUT2D eigenvalue weighted by atomic mass is 10.1. The van der Waals surface area contributed by atoms with Gasteiger partial charge in [-0.3, -0.25) is 9.59 Å². The van der Waals surface area contributed by atoms with Crippen LogP contribution in [0.3, 0.4) is 0 Å². The van der Waals surface area contributed by atoms with Crippen LogP contribution in [0, 0.1) is 0 Å². The maximum absolute atomic E-state index is 11.8. The summed E-state index contributed by atoms with van der Waals surface area (Å²) in [5, 5.41) is 11.4. The van der Waals surface area contributed by atoms with Crippen molar-refractivity contribution in [3.63, 3.8) is 0 Å². The molecule has 0 spiro atoms. The molecule has 110 valence electrons. The molecular formula is C14H20N2O3S. The van der Waals surface area contributed by atoms with E-state index in [1.807, 2.05) is 18.4 Å².